The number of benzene rings is 1. The van der Waals surface area contributed by atoms with Crippen molar-refractivity contribution in [3.05, 3.63) is 29.8 Å². The molecule has 0 fully saturated rings. The molecule has 2 N–H and O–H groups in total. The first-order chi connectivity index (χ1) is 9.57. The highest BCUT2D eigenvalue weighted by Gasteiger charge is 2.16. The molecule has 4 nitrogen and oxygen atoms in total. The molecule has 0 heterocycles. The van der Waals surface area contributed by atoms with Gasteiger partial charge in [0.15, 0.2) is 6.61 Å². The normalized spacial score (nSPS) is 11.1. The minimum absolute atomic E-state index is 0.0800. The van der Waals surface area contributed by atoms with Crippen LogP contribution in [0.25, 0.3) is 0 Å². The number of nitrogens with one attached hydrogen (secondary N) is 1. The van der Waals surface area contributed by atoms with Crippen molar-refractivity contribution in [3.8, 4) is 11.8 Å². The quantitative estimate of drug-likeness (QED) is 0.727. The van der Waals surface area contributed by atoms with Gasteiger partial charge in [-0.3, -0.25) is 0 Å². The Labute approximate surface area is 121 Å². The number of rotatable bonds is 9. The van der Waals surface area contributed by atoms with Crippen LogP contribution in [0.2, 0.25) is 0 Å². The Bertz CT molecular complexity index is 421. The van der Waals surface area contributed by atoms with Crippen LogP contribution in [0.3, 0.4) is 0 Å². The molecule has 0 atom stereocenters. The van der Waals surface area contributed by atoms with E-state index in [0.717, 1.165) is 31.7 Å². The summed E-state index contributed by atoms with van der Waals surface area (Å²) < 4.78 is 5.21. The average molecular weight is 276 g/mol. The zero-order valence-corrected chi connectivity index (χ0v) is 12.4. The summed E-state index contributed by atoms with van der Waals surface area (Å²) in [7, 11) is 0. The van der Waals surface area contributed by atoms with Gasteiger partial charge in [0.05, 0.1) is 0 Å². The first kappa shape index (κ1) is 16.5. The predicted molar refractivity (Wildman–Crippen MR) is 79.4 cm³/mol. The lowest BCUT2D eigenvalue weighted by Crippen LogP contribution is -2.29. The third-order valence-electron chi connectivity index (χ3n) is 3.17. The maximum Gasteiger partial charge on any atom is 0.174 e. The number of nitrogens with zero attached hydrogens (tertiary/aromatic N) is 1. The SMILES string of the molecule is CC(C)(CCCO)CNCc1ccc(OCC#N)cc1. The third kappa shape index (κ3) is 6.55. The molecular formula is C16H24N2O2. The summed E-state index contributed by atoms with van der Waals surface area (Å²) in [6, 6.07) is 9.71. The molecule has 0 radical (unpaired) electrons. The molecule has 1 aromatic carbocycles. The molecule has 0 amide bonds. The van der Waals surface area contributed by atoms with Gasteiger partial charge in [0.1, 0.15) is 11.8 Å². The van der Waals surface area contributed by atoms with Gasteiger partial charge in [0, 0.05) is 19.7 Å². The molecule has 1 aromatic rings. The number of nitriles is 1. The monoisotopic (exact) mass is 276 g/mol. The van der Waals surface area contributed by atoms with Crippen LogP contribution in [0, 0.1) is 16.7 Å². The van der Waals surface area contributed by atoms with E-state index in [2.05, 4.69) is 19.2 Å². The minimum Gasteiger partial charge on any atom is -0.479 e. The molecular weight excluding hydrogens is 252 g/mol. The second kappa shape index (κ2) is 8.57. The van der Waals surface area contributed by atoms with Crippen molar-refractivity contribution in [1.82, 2.24) is 5.32 Å². The van der Waals surface area contributed by atoms with Crippen molar-refractivity contribution >= 4 is 0 Å². The highest BCUT2D eigenvalue weighted by molar-refractivity contribution is 5.27. The summed E-state index contributed by atoms with van der Waals surface area (Å²) in [6.45, 7) is 6.47. The highest BCUT2D eigenvalue weighted by Crippen LogP contribution is 2.21. The van der Waals surface area contributed by atoms with E-state index in [1.807, 2.05) is 30.3 Å². The van der Waals surface area contributed by atoms with E-state index in [-0.39, 0.29) is 18.6 Å². The van der Waals surface area contributed by atoms with Gasteiger partial charge in [-0.05, 0) is 36.0 Å². The van der Waals surface area contributed by atoms with Gasteiger partial charge in [-0.1, -0.05) is 26.0 Å². The molecule has 0 unspecified atom stereocenters. The van der Waals surface area contributed by atoms with Gasteiger partial charge in [0.2, 0.25) is 0 Å². The lowest BCUT2D eigenvalue weighted by molar-refractivity contribution is 0.236. The van der Waals surface area contributed by atoms with Gasteiger partial charge >= 0.3 is 0 Å². The average Bonchev–Trinajstić information content (AvgIpc) is 2.44. The second-order valence-corrected chi connectivity index (χ2v) is 5.69. The summed E-state index contributed by atoms with van der Waals surface area (Å²) in [5, 5.41) is 20.7. The topological polar surface area (TPSA) is 65.3 Å². The zero-order chi connectivity index (χ0) is 14.8. The number of aliphatic hydroxyl groups is 1. The van der Waals surface area contributed by atoms with Crippen LogP contribution < -0.4 is 10.1 Å². The fourth-order valence-electron chi connectivity index (χ4n) is 2.01. The summed E-state index contributed by atoms with van der Waals surface area (Å²) >= 11 is 0. The molecule has 110 valence electrons. The Morgan fingerprint density at radius 1 is 1.30 bits per heavy atom. The number of hydrogen-bond donors (Lipinski definition) is 2. The molecule has 0 bridgehead atoms. The molecule has 0 aliphatic heterocycles. The highest BCUT2D eigenvalue weighted by atomic mass is 16.5. The fraction of sp³-hybridized carbons (Fsp3) is 0.562. The van der Waals surface area contributed by atoms with Crippen LogP contribution in [-0.4, -0.2) is 24.9 Å². The third-order valence-corrected chi connectivity index (χ3v) is 3.17. The predicted octanol–water partition coefficient (Wildman–Crippen LogP) is 2.48. The molecule has 0 saturated heterocycles. The van der Waals surface area contributed by atoms with Crippen LogP contribution in [0.5, 0.6) is 5.75 Å². The van der Waals surface area contributed by atoms with Crippen molar-refractivity contribution in [1.29, 1.82) is 5.26 Å². The van der Waals surface area contributed by atoms with E-state index in [4.69, 9.17) is 15.1 Å². The standard InChI is InChI=1S/C16H24N2O2/c1-16(2,8-3-10-19)13-18-12-14-4-6-15(7-5-14)20-11-9-17/h4-7,18-19H,3,8,10-13H2,1-2H3. The van der Waals surface area contributed by atoms with Crippen LogP contribution in [-0.2, 0) is 6.54 Å². The van der Waals surface area contributed by atoms with Crippen molar-refractivity contribution in [2.75, 3.05) is 19.8 Å². The molecule has 1 rings (SSSR count). The zero-order valence-electron chi connectivity index (χ0n) is 12.4. The largest absolute Gasteiger partial charge is 0.479 e. The maximum absolute atomic E-state index is 8.87. The van der Waals surface area contributed by atoms with Crippen LogP contribution in [0.1, 0.15) is 32.3 Å². The maximum atomic E-state index is 8.87. The van der Waals surface area contributed by atoms with E-state index >= 15 is 0 Å². The van der Waals surface area contributed by atoms with E-state index < -0.39 is 0 Å². The second-order valence-electron chi connectivity index (χ2n) is 5.69. The molecule has 0 aliphatic carbocycles. The van der Waals surface area contributed by atoms with E-state index in [1.165, 1.54) is 5.56 Å². The summed E-state index contributed by atoms with van der Waals surface area (Å²) in [5.41, 5.74) is 1.38. The number of aliphatic hydroxyl groups excluding tert-OH is 1. The molecule has 0 aliphatic rings. The van der Waals surface area contributed by atoms with Crippen LogP contribution >= 0.6 is 0 Å². The van der Waals surface area contributed by atoms with E-state index in [1.54, 1.807) is 0 Å². The lowest BCUT2D eigenvalue weighted by atomic mass is 9.88. The van der Waals surface area contributed by atoms with Crippen molar-refractivity contribution in [2.24, 2.45) is 5.41 Å². The van der Waals surface area contributed by atoms with Gasteiger partial charge < -0.3 is 15.2 Å². The van der Waals surface area contributed by atoms with Crippen molar-refractivity contribution in [2.45, 2.75) is 33.2 Å². The first-order valence-electron chi connectivity index (χ1n) is 6.98. The van der Waals surface area contributed by atoms with Gasteiger partial charge in [0.25, 0.3) is 0 Å². The molecule has 0 saturated carbocycles. The summed E-state index contributed by atoms with van der Waals surface area (Å²) in [6.07, 6.45) is 1.86. The minimum atomic E-state index is 0.0800. The Morgan fingerprint density at radius 3 is 2.60 bits per heavy atom. The smallest absolute Gasteiger partial charge is 0.174 e. The molecule has 0 aromatic heterocycles. The number of ether oxygens (including phenoxy) is 1. The number of hydrogen-bond acceptors (Lipinski definition) is 4. The van der Waals surface area contributed by atoms with E-state index in [0.29, 0.717) is 0 Å². The molecule has 4 heteroatoms. The molecule has 20 heavy (non-hydrogen) atoms. The first-order valence-corrected chi connectivity index (χ1v) is 6.98. The van der Waals surface area contributed by atoms with Gasteiger partial charge in [-0.2, -0.15) is 5.26 Å². The lowest BCUT2D eigenvalue weighted by Gasteiger charge is -2.24. The van der Waals surface area contributed by atoms with Crippen molar-refractivity contribution in [3.63, 3.8) is 0 Å². The van der Waals surface area contributed by atoms with Crippen LogP contribution in [0.15, 0.2) is 24.3 Å². The fourth-order valence-corrected chi connectivity index (χ4v) is 2.01. The Balaban J connectivity index is 2.33. The van der Waals surface area contributed by atoms with Crippen molar-refractivity contribution < 1.29 is 9.84 Å². The Kier molecular flexibility index (Phi) is 7.06. The van der Waals surface area contributed by atoms with Gasteiger partial charge in [-0.25, -0.2) is 0 Å². The molecule has 0 spiro atoms. The Morgan fingerprint density at radius 2 is 2.00 bits per heavy atom. The van der Waals surface area contributed by atoms with Crippen LogP contribution in [0.4, 0.5) is 0 Å². The summed E-state index contributed by atoms with van der Waals surface area (Å²) in [5.74, 6) is 0.721. The summed E-state index contributed by atoms with van der Waals surface area (Å²) in [4.78, 5) is 0. The Hall–Kier alpha value is -1.57. The van der Waals surface area contributed by atoms with E-state index in [9.17, 15) is 0 Å². The van der Waals surface area contributed by atoms with Gasteiger partial charge in [-0.15, -0.1) is 0 Å².